The molecule has 4 heterocycles. The molecule has 0 radical (unpaired) electrons. The Balaban J connectivity index is 1.69. The zero-order valence-electron chi connectivity index (χ0n) is 13.5. The molecule has 2 aromatic rings. The molecule has 2 aromatic heterocycles. The van der Waals surface area contributed by atoms with Crippen LogP contribution in [0.2, 0.25) is 0 Å². The zero-order valence-corrected chi connectivity index (χ0v) is 14.3. The van der Waals surface area contributed by atoms with E-state index in [2.05, 4.69) is 16.9 Å². The summed E-state index contributed by atoms with van der Waals surface area (Å²) in [6.45, 7) is 2.56. The molecule has 0 bridgehead atoms. The minimum atomic E-state index is -3.69. The van der Waals surface area contributed by atoms with E-state index >= 15 is 0 Å². The number of aromatic nitrogens is 3. The largest absolute Gasteiger partial charge is 0.331 e. The molecule has 8 heteroatoms. The Kier molecular flexibility index (Phi) is 3.61. The molecular weight excluding hydrogens is 328 g/mol. The molecule has 2 aliphatic rings. The van der Waals surface area contributed by atoms with Crippen LogP contribution in [0.25, 0.3) is 0 Å². The van der Waals surface area contributed by atoms with Crippen LogP contribution in [0.3, 0.4) is 0 Å². The molecule has 1 N–H and O–H groups in total. The van der Waals surface area contributed by atoms with E-state index in [4.69, 9.17) is 0 Å². The number of rotatable bonds is 2. The van der Waals surface area contributed by atoms with Gasteiger partial charge in [-0.3, -0.25) is 4.79 Å². The van der Waals surface area contributed by atoms with E-state index in [1.54, 1.807) is 12.4 Å². The molecule has 2 aliphatic heterocycles. The van der Waals surface area contributed by atoms with Crippen LogP contribution in [0.15, 0.2) is 28.3 Å². The summed E-state index contributed by atoms with van der Waals surface area (Å²) in [6, 6.07) is 2.12. The summed E-state index contributed by atoms with van der Waals surface area (Å²) in [6.07, 6.45) is 6.68. The van der Waals surface area contributed by atoms with Crippen molar-refractivity contribution in [2.75, 3.05) is 6.54 Å². The van der Waals surface area contributed by atoms with Crippen molar-refractivity contribution in [2.24, 2.45) is 0 Å². The van der Waals surface area contributed by atoms with Crippen LogP contribution in [0.4, 0.5) is 0 Å². The van der Waals surface area contributed by atoms with Crippen LogP contribution in [0, 0.1) is 0 Å². The monoisotopic (exact) mass is 348 g/mol. The Morgan fingerprint density at radius 1 is 1.33 bits per heavy atom. The molecule has 24 heavy (non-hydrogen) atoms. The Labute approximate surface area is 140 Å². The van der Waals surface area contributed by atoms with Crippen LogP contribution in [0.5, 0.6) is 0 Å². The van der Waals surface area contributed by atoms with Gasteiger partial charge < -0.3 is 9.55 Å². The molecule has 1 unspecified atom stereocenters. The number of pyridine rings is 1. The van der Waals surface area contributed by atoms with Gasteiger partial charge in [0.25, 0.3) is 15.6 Å². The van der Waals surface area contributed by atoms with Gasteiger partial charge in [-0.2, -0.15) is 4.31 Å². The zero-order chi connectivity index (χ0) is 16.9. The summed E-state index contributed by atoms with van der Waals surface area (Å²) in [7, 11) is -3.69. The molecule has 128 valence electrons. The average molecular weight is 348 g/mol. The maximum atomic E-state index is 13.0. The summed E-state index contributed by atoms with van der Waals surface area (Å²) < 4.78 is 29.3. The van der Waals surface area contributed by atoms with E-state index in [9.17, 15) is 13.2 Å². The number of hydrogen-bond donors (Lipinski definition) is 1. The summed E-state index contributed by atoms with van der Waals surface area (Å²) in [5.41, 5.74) is 1.23. The van der Waals surface area contributed by atoms with Gasteiger partial charge in [-0.05, 0) is 37.8 Å². The first-order chi connectivity index (χ1) is 11.5. The number of hydrogen-bond acceptors (Lipinski definition) is 4. The highest BCUT2D eigenvalue weighted by Gasteiger charge is 2.33. The van der Waals surface area contributed by atoms with Crippen molar-refractivity contribution in [3.63, 3.8) is 0 Å². The molecule has 0 amide bonds. The number of sulfonamides is 1. The predicted octanol–water partition coefficient (Wildman–Crippen LogP) is 1.22. The van der Waals surface area contributed by atoms with Gasteiger partial charge in [0.05, 0.1) is 0 Å². The first-order valence-electron chi connectivity index (χ1n) is 8.24. The summed E-state index contributed by atoms with van der Waals surface area (Å²) in [4.78, 5) is 19.0. The van der Waals surface area contributed by atoms with E-state index in [0.29, 0.717) is 18.5 Å². The molecule has 0 saturated heterocycles. The van der Waals surface area contributed by atoms with Gasteiger partial charge in [0.2, 0.25) is 0 Å². The summed E-state index contributed by atoms with van der Waals surface area (Å²) in [5.74, 6) is 0.836. The summed E-state index contributed by atoms with van der Waals surface area (Å²) in [5, 5.41) is 0.0991. The minimum Gasteiger partial charge on any atom is -0.331 e. The van der Waals surface area contributed by atoms with E-state index in [0.717, 1.165) is 30.7 Å². The second kappa shape index (κ2) is 5.56. The quantitative estimate of drug-likeness (QED) is 0.884. The first kappa shape index (κ1) is 15.6. The van der Waals surface area contributed by atoms with Gasteiger partial charge in [-0.15, -0.1) is 0 Å². The van der Waals surface area contributed by atoms with Crippen molar-refractivity contribution in [1.82, 2.24) is 18.8 Å². The Morgan fingerprint density at radius 3 is 2.96 bits per heavy atom. The maximum Gasteiger partial charge on any atom is 0.262 e. The number of aromatic amines is 1. The standard InChI is InChI=1S/C16H20N4O3S/c1-11-3-2-4-14-18-15(10-20(11)14)24(22,23)19-8-6-12-5-7-17-16(21)13(12)9-19/h5,7,10-11H,2-4,6,8-9H2,1H3,(H,17,21). The second-order valence-corrected chi connectivity index (χ2v) is 8.43. The molecule has 7 nitrogen and oxygen atoms in total. The van der Waals surface area contributed by atoms with Crippen molar-refractivity contribution >= 4 is 10.0 Å². The van der Waals surface area contributed by atoms with Crippen LogP contribution >= 0.6 is 0 Å². The van der Waals surface area contributed by atoms with Crippen LogP contribution < -0.4 is 5.56 Å². The van der Waals surface area contributed by atoms with E-state index in [1.807, 2.05) is 10.6 Å². The van der Waals surface area contributed by atoms with Crippen molar-refractivity contribution < 1.29 is 8.42 Å². The smallest absolute Gasteiger partial charge is 0.262 e. The Hall–Kier alpha value is -1.93. The van der Waals surface area contributed by atoms with Crippen molar-refractivity contribution in [3.05, 3.63) is 45.8 Å². The van der Waals surface area contributed by atoms with Gasteiger partial charge in [0.15, 0.2) is 5.03 Å². The molecule has 0 spiro atoms. The molecule has 0 fully saturated rings. The molecule has 0 aliphatic carbocycles. The van der Waals surface area contributed by atoms with Gasteiger partial charge in [-0.25, -0.2) is 13.4 Å². The molecule has 0 saturated carbocycles. The fourth-order valence-electron chi connectivity index (χ4n) is 3.59. The van der Waals surface area contributed by atoms with Gasteiger partial charge >= 0.3 is 0 Å². The van der Waals surface area contributed by atoms with E-state index in [1.165, 1.54) is 4.31 Å². The highest BCUT2D eigenvalue weighted by molar-refractivity contribution is 7.89. The lowest BCUT2D eigenvalue weighted by molar-refractivity contribution is 0.387. The van der Waals surface area contributed by atoms with Crippen LogP contribution in [-0.2, 0) is 29.4 Å². The van der Waals surface area contributed by atoms with Gasteiger partial charge in [0, 0.05) is 43.5 Å². The van der Waals surface area contributed by atoms with Crippen LogP contribution in [0.1, 0.15) is 42.8 Å². The highest BCUT2D eigenvalue weighted by Crippen LogP contribution is 2.28. The Morgan fingerprint density at radius 2 is 2.17 bits per heavy atom. The van der Waals surface area contributed by atoms with Crippen molar-refractivity contribution in [1.29, 1.82) is 0 Å². The number of nitrogens with zero attached hydrogens (tertiary/aromatic N) is 3. The number of fused-ring (bicyclic) bond motifs is 2. The van der Waals surface area contributed by atoms with Crippen molar-refractivity contribution in [3.8, 4) is 0 Å². The summed E-state index contributed by atoms with van der Waals surface area (Å²) >= 11 is 0. The normalized spacial score (nSPS) is 21.3. The molecular formula is C16H20N4O3S. The second-order valence-electron chi connectivity index (χ2n) is 6.54. The third-order valence-corrected chi connectivity index (χ3v) is 6.73. The van der Waals surface area contributed by atoms with Crippen LogP contribution in [-0.4, -0.2) is 33.8 Å². The van der Waals surface area contributed by atoms with E-state index < -0.39 is 10.0 Å². The molecule has 1 atom stereocenters. The lowest BCUT2D eigenvalue weighted by Gasteiger charge is -2.26. The number of aryl methyl sites for hydroxylation is 1. The third-order valence-electron chi connectivity index (χ3n) is 5.01. The number of H-pyrrole nitrogens is 1. The maximum absolute atomic E-state index is 13.0. The topological polar surface area (TPSA) is 88.1 Å². The van der Waals surface area contributed by atoms with Crippen molar-refractivity contribution in [2.45, 2.75) is 50.2 Å². The van der Waals surface area contributed by atoms with E-state index in [-0.39, 0.29) is 23.2 Å². The SMILES string of the molecule is CC1CCCc2nc(S(=O)(=O)N3CCc4cc[nH]c(=O)c4C3)cn21. The molecule has 4 rings (SSSR count). The fourth-order valence-corrected chi connectivity index (χ4v) is 4.95. The molecule has 0 aromatic carbocycles. The lowest BCUT2D eigenvalue weighted by Crippen LogP contribution is -2.38. The minimum absolute atomic E-state index is 0.0991. The Bertz CT molecular complexity index is 944. The first-order valence-corrected chi connectivity index (χ1v) is 9.68. The average Bonchev–Trinajstić information content (AvgIpc) is 3.01. The van der Waals surface area contributed by atoms with Gasteiger partial charge in [-0.1, -0.05) is 0 Å². The number of nitrogens with one attached hydrogen (secondary N) is 1. The van der Waals surface area contributed by atoms with Gasteiger partial charge in [0.1, 0.15) is 5.82 Å². The number of imidazole rings is 1. The fraction of sp³-hybridized carbons (Fsp3) is 0.500. The predicted molar refractivity (Wildman–Crippen MR) is 88.2 cm³/mol. The third kappa shape index (κ3) is 2.41. The highest BCUT2D eigenvalue weighted by atomic mass is 32.2. The lowest BCUT2D eigenvalue weighted by atomic mass is 10.0.